The number of rotatable bonds is 3. The van der Waals surface area contributed by atoms with E-state index in [9.17, 15) is 4.79 Å². The van der Waals surface area contributed by atoms with E-state index >= 15 is 0 Å². The molecule has 0 unspecified atom stereocenters. The first-order valence-corrected chi connectivity index (χ1v) is 10.9. The van der Waals surface area contributed by atoms with Gasteiger partial charge in [-0.3, -0.25) is 4.79 Å². The number of carbonyl (C=O) groups excluding carboxylic acids is 1. The molecule has 3 N–H and O–H groups in total. The van der Waals surface area contributed by atoms with E-state index < -0.39 is 0 Å². The summed E-state index contributed by atoms with van der Waals surface area (Å²) < 4.78 is 11.4. The van der Waals surface area contributed by atoms with Crippen molar-refractivity contribution in [1.82, 2.24) is 10.3 Å². The molecule has 1 aliphatic heterocycles. The van der Waals surface area contributed by atoms with Crippen LogP contribution in [0, 0.1) is 0 Å². The standard InChI is InChI=1S/C21H19Cl2N3O3S/c1-3-13(22)17(23)10(2)25-20(27)19-18(24)12-8-11-4-5-15-16(29-7-6-28-15)9-14(11)26-21(12)30-19/h3-4,8-9H,5-7,24H2,1-2H3,(H,25,27)/b13-3+,17-10-. The van der Waals surface area contributed by atoms with Crippen molar-refractivity contribution in [2.45, 2.75) is 20.3 Å². The van der Waals surface area contributed by atoms with Crippen molar-refractivity contribution in [1.29, 1.82) is 0 Å². The summed E-state index contributed by atoms with van der Waals surface area (Å²) in [7, 11) is 0. The number of aromatic nitrogens is 1. The van der Waals surface area contributed by atoms with Gasteiger partial charge in [-0.2, -0.15) is 0 Å². The molecule has 30 heavy (non-hydrogen) atoms. The highest BCUT2D eigenvalue weighted by Crippen LogP contribution is 2.31. The third-order valence-corrected chi connectivity index (χ3v) is 6.85. The third-order valence-electron chi connectivity index (χ3n) is 4.75. The number of nitrogens with two attached hydrogens (primary N) is 1. The molecule has 9 heteroatoms. The Morgan fingerprint density at radius 3 is 2.87 bits per heavy atom. The zero-order chi connectivity index (χ0) is 21.4. The van der Waals surface area contributed by atoms with Crippen molar-refractivity contribution in [3.05, 3.63) is 54.9 Å². The number of hydrogen-bond acceptors (Lipinski definition) is 6. The number of nitrogens with one attached hydrogen (secondary N) is 1. The van der Waals surface area contributed by atoms with Crippen molar-refractivity contribution < 1.29 is 14.3 Å². The molecule has 0 spiro atoms. The molecule has 0 radical (unpaired) electrons. The number of amides is 1. The highest BCUT2D eigenvalue weighted by atomic mass is 35.5. The Kier molecular flexibility index (Phi) is 5.77. The maximum atomic E-state index is 12.8. The molecule has 6 nitrogen and oxygen atoms in total. The van der Waals surface area contributed by atoms with E-state index in [1.54, 1.807) is 19.9 Å². The van der Waals surface area contributed by atoms with Gasteiger partial charge in [-0.1, -0.05) is 35.4 Å². The molecule has 1 aliphatic carbocycles. The number of nitrogens with zero attached hydrogens (tertiary/aromatic N) is 1. The SMILES string of the molecule is C/C=C(Cl)\C(Cl)=C(/C)NC(=O)c1sc2nc3c(cc2c1N)=CCC1=C(C=3)OCCO1. The Morgan fingerprint density at radius 1 is 1.33 bits per heavy atom. The van der Waals surface area contributed by atoms with Gasteiger partial charge in [-0.05, 0) is 25.1 Å². The Labute approximate surface area is 187 Å². The van der Waals surface area contributed by atoms with Crippen molar-refractivity contribution >= 4 is 68.5 Å². The van der Waals surface area contributed by atoms with E-state index in [2.05, 4.69) is 5.32 Å². The van der Waals surface area contributed by atoms with E-state index in [-0.39, 0.29) is 10.9 Å². The third kappa shape index (κ3) is 3.80. The minimum Gasteiger partial charge on any atom is -0.490 e. The Bertz CT molecular complexity index is 1270. The lowest BCUT2D eigenvalue weighted by molar-refractivity contribution is 0.0712. The molecule has 4 rings (SSSR count). The molecular formula is C21H19Cl2N3O3S. The summed E-state index contributed by atoms with van der Waals surface area (Å²) in [4.78, 5) is 18.6. The molecule has 0 fully saturated rings. The second kappa shape index (κ2) is 8.34. The molecule has 0 aromatic carbocycles. The van der Waals surface area contributed by atoms with Gasteiger partial charge in [-0.25, -0.2) is 4.98 Å². The van der Waals surface area contributed by atoms with E-state index in [0.717, 1.165) is 21.7 Å². The van der Waals surface area contributed by atoms with Crippen LogP contribution in [0.15, 0.2) is 39.4 Å². The van der Waals surface area contributed by atoms with E-state index in [1.807, 2.05) is 18.2 Å². The van der Waals surface area contributed by atoms with Crippen LogP contribution in [0.3, 0.4) is 0 Å². The summed E-state index contributed by atoms with van der Waals surface area (Å²) in [5.74, 6) is 1.14. The minimum absolute atomic E-state index is 0.278. The van der Waals surface area contributed by atoms with Crippen LogP contribution in [0.2, 0.25) is 0 Å². The molecule has 2 aromatic heterocycles. The first-order valence-electron chi connectivity index (χ1n) is 9.28. The second-order valence-corrected chi connectivity index (χ2v) is 8.51. The maximum absolute atomic E-state index is 12.8. The first-order chi connectivity index (χ1) is 14.4. The van der Waals surface area contributed by atoms with Crippen LogP contribution in [0.1, 0.15) is 29.9 Å². The number of carbonyl (C=O) groups is 1. The summed E-state index contributed by atoms with van der Waals surface area (Å²) in [6, 6.07) is 1.95. The zero-order valence-corrected chi connectivity index (χ0v) is 18.7. The zero-order valence-electron chi connectivity index (χ0n) is 16.3. The van der Waals surface area contributed by atoms with Crippen molar-refractivity contribution in [2.75, 3.05) is 18.9 Å². The second-order valence-electron chi connectivity index (χ2n) is 6.73. The lowest BCUT2D eigenvalue weighted by atomic mass is 10.2. The van der Waals surface area contributed by atoms with Gasteiger partial charge in [0.1, 0.15) is 28.7 Å². The monoisotopic (exact) mass is 463 g/mol. The average Bonchev–Trinajstić information content (AvgIpc) is 2.95. The average molecular weight is 464 g/mol. The normalized spacial score (nSPS) is 16.9. The minimum atomic E-state index is -0.358. The van der Waals surface area contributed by atoms with Gasteiger partial charge in [0.15, 0.2) is 5.76 Å². The fourth-order valence-corrected chi connectivity index (χ4v) is 4.46. The summed E-state index contributed by atoms with van der Waals surface area (Å²) in [5.41, 5.74) is 7.13. The lowest BCUT2D eigenvalue weighted by Gasteiger charge is -2.18. The lowest BCUT2D eigenvalue weighted by Crippen LogP contribution is -2.27. The number of thiophene rings is 1. The molecule has 3 heterocycles. The van der Waals surface area contributed by atoms with Crippen LogP contribution in [-0.4, -0.2) is 24.1 Å². The quantitative estimate of drug-likeness (QED) is 0.680. The maximum Gasteiger partial charge on any atom is 0.267 e. The molecule has 1 amide bonds. The van der Waals surface area contributed by atoms with Crippen molar-refractivity contribution in [2.24, 2.45) is 0 Å². The van der Waals surface area contributed by atoms with Gasteiger partial charge in [0.2, 0.25) is 0 Å². The highest BCUT2D eigenvalue weighted by molar-refractivity contribution is 7.21. The number of halogens is 2. The molecule has 2 aliphatic rings. The van der Waals surface area contributed by atoms with Gasteiger partial charge in [0, 0.05) is 23.6 Å². The molecular weight excluding hydrogens is 445 g/mol. The van der Waals surface area contributed by atoms with Gasteiger partial charge < -0.3 is 20.5 Å². The Morgan fingerprint density at radius 2 is 2.10 bits per heavy atom. The largest absolute Gasteiger partial charge is 0.490 e. The molecule has 0 saturated heterocycles. The van der Waals surface area contributed by atoms with Crippen LogP contribution in [-0.2, 0) is 9.47 Å². The number of anilines is 1. The Balaban J connectivity index is 1.75. The number of pyridine rings is 1. The fourth-order valence-electron chi connectivity index (χ4n) is 3.18. The van der Waals surface area contributed by atoms with Crippen LogP contribution in [0.5, 0.6) is 0 Å². The smallest absolute Gasteiger partial charge is 0.267 e. The predicted molar refractivity (Wildman–Crippen MR) is 121 cm³/mol. The summed E-state index contributed by atoms with van der Waals surface area (Å²) in [6.45, 7) is 4.49. The van der Waals surface area contributed by atoms with Gasteiger partial charge in [-0.15, -0.1) is 11.3 Å². The summed E-state index contributed by atoms with van der Waals surface area (Å²) in [6.07, 6.45) is 6.16. The number of ether oxygens (including phenoxy) is 2. The van der Waals surface area contributed by atoms with Gasteiger partial charge >= 0.3 is 0 Å². The van der Waals surface area contributed by atoms with Crippen LogP contribution < -0.4 is 21.6 Å². The summed E-state index contributed by atoms with van der Waals surface area (Å²) in [5, 5.41) is 5.80. The highest BCUT2D eigenvalue weighted by Gasteiger charge is 2.20. The van der Waals surface area contributed by atoms with Gasteiger partial charge in [0.05, 0.1) is 21.1 Å². The van der Waals surface area contributed by atoms with Crippen molar-refractivity contribution in [3.63, 3.8) is 0 Å². The van der Waals surface area contributed by atoms with Crippen LogP contribution in [0.4, 0.5) is 5.69 Å². The molecule has 156 valence electrons. The molecule has 2 aromatic rings. The summed E-state index contributed by atoms with van der Waals surface area (Å²) >= 11 is 13.4. The molecule has 0 bridgehead atoms. The molecule has 0 saturated carbocycles. The predicted octanol–water partition coefficient (Wildman–Crippen LogP) is 3.44. The number of allylic oxidation sites excluding steroid dienone is 6. The van der Waals surface area contributed by atoms with E-state index in [1.165, 1.54) is 11.3 Å². The first kappa shape index (κ1) is 20.8. The number of fused-ring (bicyclic) bond motifs is 2. The number of hydrogen-bond donors (Lipinski definition) is 2. The Hall–Kier alpha value is -2.48. The van der Waals surface area contributed by atoms with Crippen LogP contribution in [0.25, 0.3) is 22.4 Å². The molecule has 0 atom stereocenters. The van der Waals surface area contributed by atoms with Gasteiger partial charge in [0.25, 0.3) is 5.91 Å². The van der Waals surface area contributed by atoms with Crippen LogP contribution >= 0.6 is 34.5 Å². The fraction of sp³-hybridized carbons (Fsp3) is 0.238. The van der Waals surface area contributed by atoms with E-state index in [4.69, 9.17) is 43.4 Å². The number of nitrogen functional groups attached to an aromatic ring is 1. The van der Waals surface area contributed by atoms with E-state index in [0.29, 0.717) is 51.5 Å². The topological polar surface area (TPSA) is 86.5 Å². The van der Waals surface area contributed by atoms with Crippen molar-refractivity contribution in [3.8, 4) is 0 Å².